The zero-order chi connectivity index (χ0) is 15.6. The predicted octanol–water partition coefficient (Wildman–Crippen LogP) is 4.19. The summed E-state index contributed by atoms with van der Waals surface area (Å²) in [5, 5.41) is 0. The number of pyridine rings is 1. The van der Waals surface area contributed by atoms with Crippen LogP contribution in [-0.4, -0.2) is 11.1 Å². The Morgan fingerprint density at radius 2 is 1.81 bits per heavy atom. The van der Waals surface area contributed by atoms with Crippen molar-refractivity contribution in [2.45, 2.75) is 65.4 Å². The molecule has 1 aromatic rings. The van der Waals surface area contributed by atoms with Gasteiger partial charge in [-0.2, -0.15) is 0 Å². The lowest BCUT2D eigenvalue weighted by Gasteiger charge is -2.32. The molecule has 1 heterocycles. The number of hydrogen-bond acceptors (Lipinski definition) is 2. The summed E-state index contributed by atoms with van der Waals surface area (Å²) in [5.74, 6) is 2.27. The fourth-order valence-corrected chi connectivity index (χ4v) is 3.84. The number of alkyl halides is 1. The van der Waals surface area contributed by atoms with Gasteiger partial charge in [0, 0.05) is 11.3 Å². The summed E-state index contributed by atoms with van der Waals surface area (Å²) in [4.78, 5) is 15.0. The molecular weight excluding hydrogens is 286 g/mol. The van der Waals surface area contributed by atoms with Crippen LogP contribution in [0.2, 0.25) is 0 Å². The minimum absolute atomic E-state index is 0.119. The van der Waals surface area contributed by atoms with Gasteiger partial charge in [0.05, 0.1) is 17.5 Å². The lowest BCUT2D eigenvalue weighted by Crippen LogP contribution is -2.30. The Morgan fingerprint density at radius 3 is 2.33 bits per heavy atom. The molecular formula is C17H26ClNO2. The van der Waals surface area contributed by atoms with Gasteiger partial charge < -0.3 is 9.72 Å². The first-order valence-corrected chi connectivity index (χ1v) is 8.46. The summed E-state index contributed by atoms with van der Waals surface area (Å²) in [6.45, 7) is 8.56. The fraction of sp³-hybridized carbons (Fsp3) is 0.706. The van der Waals surface area contributed by atoms with E-state index in [1.165, 1.54) is 6.42 Å². The lowest BCUT2D eigenvalue weighted by molar-refractivity contribution is 0.0990. The van der Waals surface area contributed by atoms with Crippen LogP contribution in [0.1, 0.15) is 56.9 Å². The number of aromatic nitrogens is 1. The zero-order valence-electron chi connectivity index (χ0n) is 13.5. The number of hydrogen-bond donors (Lipinski definition) is 1. The molecule has 1 aliphatic rings. The van der Waals surface area contributed by atoms with E-state index in [2.05, 4.69) is 25.8 Å². The Morgan fingerprint density at radius 1 is 1.19 bits per heavy atom. The van der Waals surface area contributed by atoms with Gasteiger partial charge in [0.15, 0.2) is 0 Å². The van der Waals surface area contributed by atoms with Crippen LogP contribution >= 0.6 is 11.6 Å². The van der Waals surface area contributed by atoms with Crippen molar-refractivity contribution in [2.24, 2.45) is 11.8 Å². The van der Waals surface area contributed by atoms with Crippen molar-refractivity contribution in [3.05, 3.63) is 27.2 Å². The molecule has 0 aromatic carbocycles. The third-order valence-electron chi connectivity index (χ3n) is 4.48. The van der Waals surface area contributed by atoms with Gasteiger partial charge in [-0.15, -0.1) is 11.6 Å². The molecule has 2 atom stereocenters. The van der Waals surface area contributed by atoms with Gasteiger partial charge >= 0.3 is 0 Å². The molecule has 0 amide bonds. The Kier molecular flexibility index (Phi) is 5.37. The van der Waals surface area contributed by atoms with Gasteiger partial charge in [-0.25, -0.2) is 0 Å². The number of rotatable bonds is 4. The summed E-state index contributed by atoms with van der Waals surface area (Å²) in [6, 6.07) is 0. The molecule has 2 rings (SSSR count). The molecule has 0 aliphatic heterocycles. The minimum atomic E-state index is -0.119. The van der Waals surface area contributed by atoms with Crippen LogP contribution in [0.25, 0.3) is 0 Å². The normalized spacial score (nSPS) is 25.9. The molecule has 1 N–H and O–H groups in total. The third-order valence-corrected chi connectivity index (χ3v) is 4.75. The largest absolute Gasteiger partial charge is 0.490 e. The van der Waals surface area contributed by atoms with Crippen LogP contribution in [0.5, 0.6) is 5.75 Å². The SMILES string of the molecule is CCc1c(C)[nH]c(=O)c(CCl)c1OC1CC(C)CC(C)C1. The number of ether oxygens (including phenoxy) is 1. The number of aromatic amines is 1. The Balaban J connectivity index is 2.36. The maximum absolute atomic E-state index is 12.1. The molecule has 0 radical (unpaired) electrons. The molecule has 118 valence electrons. The molecule has 21 heavy (non-hydrogen) atoms. The van der Waals surface area contributed by atoms with E-state index in [-0.39, 0.29) is 17.5 Å². The molecule has 0 saturated heterocycles. The number of halogens is 1. The van der Waals surface area contributed by atoms with Gasteiger partial charge in [0.2, 0.25) is 0 Å². The van der Waals surface area contributed by atoms with Crippen LogP contribution in [-0.2, 0) is 12.3 Å². The highest BCUT2D eigenvalue weighted by Gasteiger charge is 2.27. The van der Waals surface area contributed by atoms with Crippen molar-refractivity contribution < 1.29 is 4.74 Å². The fourth-order valence-electron chi connectivity index (χ4n) is 3.60. The van der Waals surface area contributed by atoms with Gasteiger partial charge in [-0.05, 0) is 44.4 Å². The van der Waals surface area contributed by atoms with Crippen LogP contribution in [0.15, 0.2) is 4.79 Å². The van der Waals surface area contributed by atoms with E-state index in [1.807, 2.05) is 6.92 Å². The van der Waals surface area contributed by atoms with Crippen molar-refractivity contribution >= 4 is 11.6 Å². The Hall–Kier alpha value is -0.960. The average Bonchev–Trinajstić information content (AvgIpc) is 2.37. The van der Waals surface area contributed by atoms with Crippen LogP contribution < -0.4 is 10.3 Å². The first kappa shape index (κ1) is 16.4. The van der Waals surface area contributed by atoms with Crippen molar-refractivity contribution in [1.29, 1.82) is 0 Å². The smallest absolute Gasteiger partial charge is 0.256 e. The first-order chi connectivity index (χ1) is 9.96. The first-order valence-electron chi connectivity index (χ1n) is 7.93. The van der Waals surface area contributed by atoms with Crippen molar-refractivity contribution in [2.75, 3.05) is 0 Å². The van der Waals surface area contributed by atoms with Gasteiger partial charge in [-0.3, -0.25) is 4.79 Å². The van der Waals surface area contributed by atoms with Gasteiger partial charge in [0.25, 0.3) is 5.56 Å². The molecule has 2 unspecified atom stereocenters. The second kappa shape index (κ2) is 6.87. The maximum atomic E-state index is 12.1. The summed E-state index contributed by atoms with van der Waals surface area (Å²) in [6.07, 6.45) is 4.40. The highest BCUT2D eigenvalue weighted by atomic mass is 35.5. The summed E-state index contributed by atoms with van der Waals surface area (Å²) >= 11 is 5.99. The summed E-state index contributed by atoms with van der Waals surface area (Å²) in [7, 11) is 0. The average molecular weight is 312 g/mol. The van der Waals surface area contributed by atoms with Crippen LogP contribution in [0.4, 0.5) is 0 Å². The Bertz CT molecular complexity index is 542. The standard InChI is InChI=1S/C17H26ClNO2/c1-5-14-12(4)19-17(20)15(9-18)16(14)21-13-7-10(2)6-11(3)8-13/h10-11,13H,5-9H2,1-4H3,(H,19,20). The molecule has 1 aromatic heterocycles. The van der Waals surface area contributed by atoms with Crippen molar-refractivity contribution in [3.8, 4) is 5.75 Å². The highest BCUT2D eigenvalue weighted by molar-refractivity contribution is 6.17. The summed E-state index contributed by atoms with van der Waals surface area (Å²) in [5.41, 5.74) is 2.43. The second-order valence-electron chi connectivity index (χ2n) is 6.51. The number of H-pyrrole nitrogens is 1. The summed E-state index contributed by atoms with van der Waals surface area (Å²) < 4.78 is 6.30. The third kappa shape index (κ3) is 3.63. The van der Waals surface area contributed by atoms with E-state index >= 15 is 0 Å². The maximum Gasteiger partial charge on any atom is 0.256 e. The predicted molar refractivity (Wildman–Crippen MR) is 87.3 cm³/mol. The molecule has 1 saturated carbocycles. The van der Waals surface area contributed by atoms with Gasteiger partial charge in [-0.1, -0.05) is 20.8 Å². The minimum Gasteiger partial charge on any atom is -0.490 e. The molecule has 0 bridgehead atoms. The highest BCUT2D eigenvalue weighted by Crippen LogP contribution is 2.34. The van der Waals surface area contributed by atoms with E-state index in [4.69, 9.17) is 16.3 Å². The monoisotopic (exact) mass is 311 g/mol. The van der Waals surface area contributed by atoms with E-state index in [1.54, 1.807) is 0 Å². The van der Waals surface area contributed by atoms with E-state index in [0.29, 0.717) is 17.4 Å². The topological polar surface area (TPSA) is 42.1 Å². The number of aryl methyl sites for hydroxylation is 1. The quantitative estimate of drug-likeness (QED) is 0.847. The van der Waals surface area contributed by atoms with E-state index in [0.717, 1.165) is 36.3 Å². The van der Waals surface area contributed by atoms with E-state index < -0.39 is 0 Å². The van der Waals surface area contributed by atoms with Crippen LogP contribution in [0, 0.1) is 18.8 Å². The Labute approximate surface area is 132 Å². The van der Waals surface area contributed by atoms with Gasteiger partial charge in [0.1, 0.15) is 5.75 Å². The van der Waals surface area contributed by atoms with Crippen LogP contribution in [0.3, 0.4) is 0 Å². The van der Waals surface area contributed by atoms with E-state index in [9.17, 15) is 4.79 Å². The van der Waals surface area contributed by atoms with Crippen molar-refractivity contribution in [3.63, 3.8) is 0 Å². The molecule has 0 spiro atoms. The second-order valence-corrected chi connectivity index (χ2v) is 6.78. The molecule has 1 aliphatic carbocycles. The zero-order valence-corrected chi connectivity index (χ0v) is 14.2. The number of nitrogens with one attached hydrogen (secondary N) is 1. The molecule has 1 fully saturated rings. The lowest BCUT2D eigenvalue weighted by atomic mass is 9.81. The van der Waals surface area contributed by atoms with Crippen molar-refractivity contribution in [1.82, 2.24) is 4.98 Å². The molecule has 4 heteroatoms. The molecule has 3 nitrogen and oxygen atoms in total.